The van der Waals surface area contributed by atoms with Crippen LogP contribution in [0.1, 0.15) is 20.8 Å². The maximum Gasteiger partial charge on any atom is 0.320 e. The first-order chi connectivity index (χ1) is 5.29. The largest absolute Gasteiger partial charge is 0.481 e. The highest BCUT2D eigenvalue weighted by molar-refractivity contribution is 5.73. The lowest BCUT2D eigenvalue weighted by atomic mass is 10.1. The van der Waals surface area contributed by atoms with Crippen molar-refractivity contribution < 1.29 is 19.8 Å². The van der Waals surface area contributed by atoms with Gasteiger partial charge >= 0.3 is 5.97 Å². The van der Waals surface area contributed by atoms with Crippen molar-refractivity contribution in [1.29, 1.82) is 0 Å². The molecule has 1 atom stereocenters. The van der Waals surface area contributed by atoms with Crippen molar-refractivity contribution in [1.82, 2.24) is 0 Å². The molecule has 12 heavy (non-hydrogen) atoms. The summed E-state index contributed by atoms with van der Waals surface area (Å²) in [6, 6.07) is -0.713. The van der Waals surface area contributed by atoms with E-state index in [2.05, 4.69) is 0 Å². The first-order valence-corrected chi connectivity index (χ1v) is 3.47. The minimum atomic E-state index is -0.931. The number of nitrogens with two attached hydrogens (primary N) is 1. The SMILES string of the molecule is CC(=O)O.CC(C)[C@H](N)C(=O)O. The zero-order valence-corrected chi connectivity index (χ0v) is 7.44. The number of hydrogen-bond donors (Lipinski definition) is 3. The maximum absolute atomic E-state index is 10.0. The molecule has 0 heterocycles. The molecular weight excluding hydrogens is 162 g/mol. The Morgan fingerprint density at radius 3 is 1.50 bits per heavy atom. The summed E-state index contributed by atoms with van der Waals surface area (Å²) in [7, 11) is 0. The number of carboxylic acid groups (broad SMARTS) is 2. The maximum atomic E-state index is 10.0. The Labute approximate surface area is 71.2 Å². The van der Waals surface area contributed by atoms with Crippen LogP contribution in [0, 0.1) is 5.92 Å². The zero-order chi connectivity index (χ0) is 10.3. The van der Waals surface area contributed by atoms with Gasteiger partial charge < -0.3 is 15.9 Å². The van der Waals surface area contributed by atoms with Crippen LogP contribution >= 0.6 is 0 Å². The van der Waals surface area contributed by atoms with Crippen molar-refractivity contribution in [2.45, 2.75) is 26.8 Å². The van der Waals surface area contributed by atoms with Crippen molar-refractivity contribution in [2.24, 2.45) is 11.7 Å². The Kier molecular flexibility index (Phi) is 7.42. The van der Waals surface area contributed by atoms with Gasteiger partial charge in [0.05, 0.1) is 0 Å². The van der Waals surface area contributed by atoms with E-state index in [-0.39, 0.29) is 5.92 Å². The number of aliphatic carboxylic acids is 2. The van der Waals surface area contributed by atoms with Crippen LogP contribution in [0.25, 0.3) is 0 Å². The van der Waals surface area contributed by atoms with Crippen LogP contribution < -0.4 is 5.73 Å². The summed E-state index contributed by atoms with van der Waals surface area (Å²) in [5.41, 5.74) is 5.16. The molecule has 0 radical (unpaired) electrons. The lowest BCUT2D eigenvalue weighted by molar-refractivity contribution is -0.139. The minimum Gasteiger partial charge on any atom is -0.481 e. The number of carbonyl (C=O) groups is 2. The van der Waals surface area contributed by atoms with Crippen LogP contribution in [0.4, 0.5) is 0 Å². The van der Waals surface area contributed by atoms with Crippen LogP contribution in [-0.2, 0) is 9.59 Å². The van der Waals surface area contributed by atoms with Gasteiger partial charge in [0, 0.05) is 6.92 Å². The average Bonchev–Trinajstić information content (AvgIpc) is 1.84. The molecule has 0 aromatic rings. The van der Waals surface area contributed by atoms with Crippen molar-refractivity contribution in [3.63, 3.8) is 0 Å². The standard InChI is InChI=1S/C5H11NO2.C2H4O2/c1-3(2)4(6)5(7)8;1-2(3)4/h3-4H,6H2,1-2H3,(H,7,8);1H3,(H,3,4)/t4-;/m0./s1. The Morgan fingerprint density at radius 2 is 1.50 bits per heavy atom. The van der Waals surface area contributed by atoms with E-state index in [0.29, 0.717) is 0 Å². The lowest BCUT2D eigenvalue weighted by Crippen LogP contribution is -2.34. The summed E-state index contributed by atoms with van der Waals surface area (Å²) in [6.07, 6.45) is 0. The van der Waals surface area contributed by atoms with Gasteiger partial charge in [-0.25, -0.2) is 0 Å². The van der Waals surface area contributed by atoms with Crippen LogP contribution in [-0.4, -0.2) is 28.2 Å². The topological polar surface area (TPSA) is 101 Å². The quantitative estimate of drug-likeness (QED) is 0.557. The van der Waals surface area contributed by atoms with Crippen LogP contribution in [0.15, 0.2) is 0 Å². The highest BCUT2D eigenvalue weighted by Gasteiger charge is 2.14. The molecule has 0 saturated heterocycles. The highest BCUT2D eigenvalue weighted by Crippen LogP contribution is 1.96. The second kappa shape index (κ2) is 6.60. The van der Waals surface area contributed by atoms with E-state index in [1.54, 1.807) is 13.8 Å². The molecule has 0 aromatic heterocycles. The van der Waals surface area contributed by atoms with Gasteiger partial charge in [0.15, 0.2) is 0 Å². The van der Waals surface area contributed by atoms with E-state index >= 15 is 0 Å². The van der Waals surface area contributed by atoms with Gasteiger partial charge in [0.25, 0.3) is 5.97 Å². The molecule has 72 valence electrons. The zero-order valence-electron chi connectivity index (χ0n) is 7.44. The minimum absolute atomic E-state index is 0.0208. The third-order valence-corrected chi connectivity index (χ3v) is 1.00. The normalized spacial score (nSPS) is 11.4. The van der Waals surface area contributed by atoms with Gasteiger partial charge in [-0.2, -0.15) is 0 Å². The molecule has 0 aliphatic heterocycles. The van der Waals surface area contributed by atoms with Crippen molar-refractivity contribution in [3.05, 3.63) is 0 Å². The molecule has 0 aliphatic carbocycles. The van der Waals surface area contributed by atoms with Gasteiger partial charge in [-0.15, -0.1) is 0 Å². The summed E-state index contributed by atoms with van der Waals surface area (Å²) in [5, 5.41) is 15.6. The molecule has 0 aromatic carbocycles. The first kappa shape index (κ1) is 13.5. The average molecular weight is 177 g/mol. The number of carboxylic acids is 2. The molecule has 0 aliphatic rings. The number of hydrogen-bond acceptors (Lipinski definition) is 3. The van der Waals surface area contributed by atoms with Gasteiger partial charge in [0.2, 0.25) is 0 Å². The third-order valence-electron chi connectivity index (χ3n) is 1.00. The van der Waals surface area contributed by atoms with Gasteiger partial charge in [-0.3, -0.25) is 9.59 Å². The molecule has 5 heteroatoms. The van der Waals surface area contributed by atoms with E-state index in [4.69, 9.17) is 20.7 Å². The fourth-order valence-corrected chi connectivity index (χ4v) is 0.285. The molecule has 0 rings (SSSR count). The molecule has 0 amide bonds. The molecular formula is C7H15NO4. The lowest BCUT2D eigenvalue weighted by Gasteiger charge is -2.07. The molecule has 5 nitrogen and oxygen atoms in total. The monoisotopic (exact) mass is 177 g/mol. The van der Waals surface area contributed by atoms with E-state index in [1.807, 2.05) is 0 Å². The predicted molar refractivity (Wildman–Crippen MR) is 43.8 cm³/mol. The summed E-state index contributed by atoms with van der Waals surface area (Å²) >= 11 is 0. The van der Waals surface area contributed by atoms with E-state index in [0.717, 1.165) is 6.92 Å². The Morgan fingerprint density at radius 1 is 1.25 bits per heavy atom. The number of rotatable bonds is 2. The fourth-order valence-electron chi connectivity index (χ4n) is 0.285. The summed E-state index contributed by atoms with van der Waals surface area (Å²) < 4.78 is 0. The van der Waals surface area contributed by atoms with Gasteiger partial charge in [0.1, 0.15) is 6.04 Å². The van der Waals surface area contributed by atoms with Crippen LogP contribution in [0.3, 0.4) is 0 Å². The summed E-state index contributed by atoms with van der Waals surface area (Å²) in [6.45, 7) is 4.64. The molecule has 0 saturated carbocycles. The van der Waals surface area contributed by atoms with Crippen molar-refractivity contribution in [2.75, 3.05) is 0 Å². The van der Waals surface area contributed by atoms with Crippen LogP contribution in [0.2, 0.25) is 0 Å². The highest BCUT2D eigenvalue weighted by atomic mass is 16.4. The second-order valence-corrected chi connectivity index (χ2v) is 2.63. The summed E-state index contributed by atoms with van der Waals surface area (Å²) in [4.78, 5) is 19.0. The molecule has 0 spiro atoms. The molecule has 0 bridgehead atoms. The Balaban J connectivity index is 0. The molecule has 0 unspecified atom stereocenters. The van der Waals surface area contributed by atoms with Crippen LogP contribution in [0.5, 0.6) is 0 Å². The third kappa shape index (κ3) is 11.7. The van der Waals surface area contributed by atoms with Gasteiger partial charge in [-0.1, -0.05) is 13.8 Å². The van der Waals surface area contributed by atoms with E-state index in [1.165, 1.54) is 0 Å². The first-order valence-electron chi connectivity index (χ1n) is 3.47. The smallest absolute Gasteiger partial charge is 0.320 e. The predicted octanol–water partition coefficient (Wildman–Crippen LogP) is 0.145. The summed E-state index contributed by atoms with van der Waals surface area (Å²) in [5.74, 6) is -1.74. The van der Waals surface area contributed by atoms with E-state index in [9.17, 15) is 4.79 Å². The molecule has 0 fully saturated rings. The fraction of sp³-hybridized carbons (Fsp3) is 0.714. The van der Waals surface area contributed by atoms with Crippen molar-refractivity contribution in [3.8, 4) is 0 Å². The second-order valence-electron chi connectivity index (χ2n) is 2.63. The Bertz CT molecular complexity index is 151. The molecule has 4 N–H and O–H groups in total. The van der Waals surface area contributed by atoms with Crippen molar-refractivity contribution >= 4 is 11.9 Å². The van der Waals surface area contributed by atoms with E-state index < -0.39 is 18.0 Å². The Hall–Kier alpha value is -1.10. The van der Waals surface area contributed by atoms with Gasteiger partial charge in [-0.05, 0) is 5.92 Å².